The molecule has 6 nitrogen and oxygen atoms in total. The number of hydrogen-bond donors (Lipinski definition) is 1. The van der Waals surface area contributed by atoms with E-state index in [0.29, 0.717) is 13.2 Å². The molecule has 2 aromatic rings. The van der Waals surface area contributed by atoms with Crippen molar-refractivity contribution in [3.63, 3.8) is 0 Å². The summed E-state index contributed by atoms with van der Waals surface area (Å²) in [4.78, 5) is 11.3. The van der Waals surface area contributed by atoms with Crippen LogP contribution in [0.25, 0.3) is 0 Å². The number of nitrogens with zero attached hydrogens (tertiary/aromatic N) is 3. The van der Waals surface area contributed by atoms with Crippen LogP contribution in [-0.2, 0) is 0 Å². The topological polar surface area (TPSA) is 59.5 Å². The number of nitrogens with one attached hydrogen (secondary N) is 1. The number of anilines is 2. The van der Waals surface area contributed by atoms with E-state index in [9.17, 15) is 0 Å². The summed E-state index contributed by atoms with van der Waals surface area (Å²) in [6.45, 7) is 5.34. The second-order valence-electron chi connectivity index (χ2n) is 5.80. The fourth-order valence-electron chi connectivity index (χ4n) is 2.77. The largest absolute Gasteiger partial charge is 0.497 e. The smallest absolute Gasteiger partial charge is 0.134 e. The second-order valence-corrected chi connectivity index (χ2v) is 5.80. The Morgan fingerprint density at radius 2 is 1.79 bits per heavy atom. The van der Waals surface area contributed by atoms with Gasteiger partial charge >= 0.3 is 0 Å². The number of hydrogen-bond acceptors (Lipinski definition) is 6. The summed E-state index contributed by atoms with van der Waals surface area (Å²) < 4.78 is 10.8. The lowest BCUT2D eigenvalue weighted by Crippen LogP contribution is -2.20. The van der Waals surface area contributed by atoms with Crippen LogP contribution in [0.15, 0.2) is 30.3 Å². The van der Waals surface area contributed by atoms with Gasteiger partial charge in [-0.05, 0) is 44.0 Å². The van der Waals surface area contributed by atoms with Gasteiger partial charge in [-0.3, -0.25) is 0 Å². The molecule has 0 aliphatic carbocycles. The Morgan fingerprint density at radius 1 is 1.08 bits per heavy atom. The maximum Gasteiger partial charge on any atom is 0.134 e. The van der Waals surface area contributed by atoms with E-state index in [0.717, 1.165) is 42.0 Å². The summed E-state index contributed by atoms with van der Waals surface area (Å²) in [6.07, 6.45) is 2.48. The number of rotatable bonds is 7. The minimum atomic E-state index is 0.564. The van der Waals surface area contributed by atoms with Gasteiger partial charge in [0.15, 0.2) is 0 Å². The van der Waals surface area contributed by atoms with E-state index in [-0.39, 0.29) is 0 Å². The van der Waals surface area contributed by atoms with Gasteiger partial charge in [-0.15, -0.1) is 0 Å². The van der Waals surface area contributed by atoms with E-state index in [1.165, 1.54) is 12.8 Å². The number of ether oxygens (including phenoxy) is 2. The van der Waals surface area contributed by atoms with Crippen LogP contribution in [0, 0.1) is 6.92 Å². The van der Waals surface area contributed by atoms with Crippen LogP contribution in [0.3, 0.4) is 0 Å². The van der Waals surface area contributed by atoms with Gasteiger partial charge < -0.3 is 19.7 Å². The Hall–Kier alpha value is -2.50. The first-order valence-electron chi connectivity index (χ1n) is 8.36. The summed E-state index contributed by atoms with van der Waals surface area (Å²) in [5.74, 6) is 4.31. The zero-order valence-electron chi connectivity index (χ0n) is 14.3. The molecule has 24 heavy (non-hydrogen) atoms. The molecule has 3 rings (SSSR count). The standard InChI is InChI=1S/C18H24N4O2/c1-14-20-17(13-18(21-14)22-10-3-4-11-22)19-9-12-24-16-7-5-15(23-2)6-8-16/h5-8,13H,3-4,9-12H2,1-2H3,(H,19,20,21). The normalized spacial score (nSPS) is 13.8. The fraction of sp³-hybridized carbons (Fsp3) is 0.444. The molecule has 1 fully saturated rings. The van der Waals surface area contributed by atoms with Gasteiger partial charge in [0.2, 0.25) is 0 Å². The molecule has 1 aliphatic rings. The number of aryl methyl sites for hydroxylation is 1. The Balaban J connectivity index is 1.50. The van der Waals surface area contributed by atoms with Gasteiger partial charge in [0.1, 0.15) is 35.6 Å². The van der Waals surface area contributed by atoms with Crippen LogP contribution < -0.4 is 19.7 Å². The van der Waals surface area contributed by atoms with Crippen molar-refractivity contribution >= 4 is 11.6 Å². The number of benzene rings is 1. The molecule has 1 aliphatic heterocycles. The average Bonchev–Trinajstić information content (AvgIpc) is 3.13. The van der Waals surface area contributed by atoms with Crippen LogP contribution >= 0.6 is 0 Å². The van der Waals surface area contributed by atoms with Crippen molar-refractivity contribution < 1.29 is 9.47 Å². The zero-order valence-corrected chi connectivity index (χ0v) is 14.3. The monoisotopic (exact) mass is 328 g/mol. The van der Waals surface area contributed by atoms with Crippen molar-refractivity contribution in [2.75, 3.05) is 43.6 Å². The lowest BCUT2D eigenvalue weighted by Gasteiger charge is -2.17. The van der Waals surface area contributed by atoms with E-state index in [4.69, 9.17) is 9.47 Å². The maximum atomic E-state index is 5.72. The minimum Gasteiger partial charge on any atom is -0.497 e. The molecule has 0 bridgehead atoms. The summed E-state index contributed by atoms with van der Waals surface area (Å²) in [5, 5.41) is 3.31. The van der Waals surface area contributed by atoms with Crippen LogP contribution in [0.2, 0.25) is 0 Å². The lowest BCUT2D eigenvalue weighted by molar-refractivity contribution is 0.331. The molecular formula is C18H24N4O2. The molecule has 1 saturated heterocycles. The molecule has 1 aromatic heterocycles. The van der Waals surface area contributed by atoms with E-state index in [2.05, 4.69) is 20.2 Å². The predicted molar refractivity (Wildman–Crippen MR) is 95.2 cm³/mol. The second kappa shape index (κ2) is 7.86. The van der Waals surface area contributed by atoms with Gasteiger partial charge in [-0.25, -0.2) is 9.97 Å². The number of aromatic nitrogens is 2. The summed E-state index contributed by atoms with van der Waals surface area (Å²) >= 11 is 0. The molecule has 0 radical (unpaired) electrons. The van der Waals surface area contributed by atoms with E-state index in [1.54, 1.807) is 7.11 Å². The quantitative estimate of drug-likeness (QED) is 0.789. The van der Waals surface area contributed by atoms with Crippen LogP contribution in [0.5, 0.6) is 11.5 Å². The minimum absolute atomic E-state index is 0.564. The van der Waals surface area contributed by atoms with Crippen LogP contribution in [-0.4, -0.2) is 43.3 Å². The summed E-state index contributed by atoms with van der Waals surface area (Å²) in [7, 11) is 1.65. The van der Waals surface area contributed by atoms with E-state index >= 15 is 0 Å². The van der Waals surface area contributed by atoms with Gasteiger partial charge in [-0.2, -0.15) is 0 Å². The van der Waals surface area contributed by atoms with Crippen molar-refractivity contribution in [3.8, 4) is 11.5 Å². The molecule has 0 unspecified atom stereocenters. The van der Waals surface area contributed by atoms with Crippen molar-refractivity contribution in [1.82, 2.24) is 9.97 Å². The Kier molecular flexibility index (Phi) is 5.36. The Bertz CT molecular complexity index is 655. The third-order valence-corrected chi connectivity index (χ3v) is 3.99. The van der Waals surface area contributed by atoms with Crippen molar-refractivity contribution in [2.45, 2.75) is 19.8 Å². The first-order chi connectivity index (χ1) is 11.7. The van der Waals surface area contributed by atoms with Gasteiger partial charge in [0.25, 0.3) is 0 Å². The molecule has 1 N–H and O–H groups in total. The fourth-order valence-corrected chi connectivity index (χ4v) is 2.77. The third-order valence-electron chi connectivity index (χ3n) is 3.99. The molecule has 0 atom stereocenters. The van der Waals surface area contributed by atoms with Crippen molar-refractivity contribution in [1.29, 1.82) is 0 Å². The maximum absolute atomic E-state index is 5.72. The Morgan fingerprint density at radius 3 is 2.50 bits per heavy atom. The predicted octanol–water partition coefficient (Wildman–Crippen LogP) is 2.88. The van der Waals surface area contributed by atoms with E-state index in [1.807, 2.05) is 37.3 Å². The van der Waals surface area contributed by atoms with Crippen LogP contribution in [0.1, 0.15) is 18.7 Å². The lowest BCUT2D eigenvalue weighted by atomic mass is 10.3. The highest BCUT2D eigenvalue weighted by Gasteiger charge is 2.14. The van der Waals surface area contributed by atoms with Crippen molar-refractivity contribution in [2.24, 2.45) is 0 Å². The molecule has 0 spiro atoms. The van der Waals surface area contributed by atoms with Gasteiger partial charge in [-0.1, -0.05) is 0 Å². The third kappa shape index (κ3) is 4.28. The molecular weight excluding hydrogens is 304 g/mol. The average molecular weight is 328 g/mol. The summed E-state index contributed by atoms with van der Waals surface area (Å²) in [5.41, 5.74) is 0. The Labute approximate surface area is 142 Å². The van der Waals surface area contributed by atoms with E-state index < -0.39 is 0 Å². The first kappa shape index (κ1) is 16.4. The highest BCUT2D eigenvalue weighted by molar-refractivity contribution is 5.49. The van der Waals surface area contributed by atoms with Crippen LogP contribution in [0.4, 0.5) is 11.6 Å². The number of methoxy groups -OCH3 is 1. The SMILES string of the molecule is COc1ccc(OCCNc2cc(N3CCCC3)nc(C)n2)cc1. The molecule has 0 saturated carbocycles. The zero-order chi connectivity index (χ0) is 16.8. The van der Waals surface area contributed by atoms with Crippen molar-refractivity contribution in [3.05, 3.63) is 36.2 Å². The molecule has 1 aromatic carbocycles. The van der Waals surface area contributed by atoms with Gasteiger partial charge in [0, 0.05) is 19.2 Å². The van der Waals surface area contributed by atoms with Gasteiger partial charge in [0.05, 0.1) is 13.7 Å². The molecule has 0 amide bonds. The summed E-state index contributed by atoms with van der Waals surface area (Å²) in [6, 6.07) is 9.60. The molecule has 6 heteroatoms. The highest BCUT2D eigenvalue weighted by Crippen LogP contribution is 2.20. The highest BCUT2D eigenvalue weighted by atomic mass is 16.5. The first-order valence-corrected chi connectivity index (χ1v) is 8.36. The molecule has 2 heterocycles. The molecule has 128 valence electrons.